The number of hydrogen-bond donors (Lipinski definition) is 0. The molecule has 0 N–H and O–H groups in total. The summed E-state index contributed by atoms with van der Waals surface area (Å²) in [5.41, 5.74) is 1.35. The van der Waals surface area contributed by atoms with E-state index in [2.05, 4.69) is 4.99 Å². The molecule has 7 nitrogen and oxygen atoms in total. The van der Waals surface area contributed by atoms with Gasteiger partial charge in [0.15, 0.2) is 4.80 Å². The lowest BCUT2D eigenvalue weighted by Crippen LogP contribution is -2.38. The number of aromatic nitrogens is 1. The fraction of sp³-hybridized carbons (Fsp3) is 0.417. The van der Waals surface area contributed by atoms with Gasteiger partial charge in [0.2, 0.25) is 10.0 Å². The molecule has 1 heterocycles. The largest absolute Gasteiger partial charge is 0.383 e. The monoisotopic (exact) mass is 487 g/mol. The van der Waals surface area contributed by atoms with Gasteiger partial charge in [-0.15, -0.1) is 0 Å². The fourth-order valence-corrected chi connectivity index (χ4v) is 6.70. The molecule has 1 aliphatic rings. The highest BCUT2D eigenvalue weighted by Crippen LogP contribution is 2.26. The van der Waals surface area contributed by atoms with E-state index in [4.69, 9.17) is 4.74 Å². The molecule has 1 saturated carbocycles. The molecule has 3 aromatic rings. The summed E-state index contributed by atoms with van der Waals surface area (Å²) in [5, 5.41) is 0. The van der Waals surface area contributed by atoms with Gasteiger partial charge in [-0.2, -0.15) is 9.30 Å². The van der Waals surface area contributed by atoms with E-state index in [1.54, 1.807) is 26.3 Å². The average Bonchev–Trinajstić information content (AvgIpc) is 3.19. The van der Waals surface area contributed by atoms with Crippen molar-refractivity contribution in [2.75, 3.05) is 20.8 Å². The number of hydrogen-bond acceptors (Lipinski definition) is 5. The molecular weight excluding hydrogens is 458 g/mol. The summed E-state index contributed by atoms with van der Waals surface area (Å²) in [4.78, 5) is 18.0. The molecule has 0 bridgehead atoms. The van der Waals surface area contributed by atoms with E-state index in [-0.39, 0.29) is 10.9 Å². The van der Waals surface area contributed by atoms with Crippen LogP contribution >= 0.6 is 11.3 Å². The molecular formula is C24H29N3O4S2. The summed E-state index contributed by atoms with van der Waals surface area (Å²) in [6.45, 7) is 1.08. The highest BCUT2D eigenvalue weighted by molar-refractivity contribution is 7.89. The van der Waals surface area contributed by atoms with Crippen molar-refractivity contribution in [2.45, 2.75) is 49.6 Å². The van der Waals surface area contributed by atoms with Crippen LogP contribution in [0.4, 0.5) is 0 Å². The van der Waals surface area contributed by atoms with Crippen LogP contribution in [0.2, 0.25) is 0 Å². The third-order valence-electron chi connectivity index (χ3n) is 6.17. The van der Waals surface area contributed by atoms with Gasteiger partial charge in [-0.05, 0) is 49.2 Å². The molecule has 9 heteroatoms. The molecule has 1 aliphatic carbocycles. The second-order valence-corrected chi connectivity index (χ2v) is 11.3. The third-order valence-corrected chi connectivity index (χ3v) is 9.16. The summed E-state index contributed by atoms with van der Waals surface area (Å²) in [6, 6.07) is 14.0. The van der Waals surface area contributed by atoms with Gasteiger partial charge in [-0.25, -0.2) is 8.42 Å². The van der Waals surface area contributed by atoms with Crippen LogP contribution in [0.1, 0.15) is 42.5 Å². The smallest absolute Gasteiger partial charge is 0.279 e. The number of para-hydroxylation sites is 1. The van der Waals surface area contributed by atoms with E-state index >= 15 is 0 Å². The minimum Gasteiger partial charge on any atom is -0.383 e. The zero-order valence-electron chi connectivity index (χ0n) is 18.9. The van der Waals surface area contributed by atoms with Gasteiger partial charge < -0.3 is 9.30 Å². The van der Waals surface area contributed by atoms with Gasteiger partial charge in [0.25, 0.3) is 5.91 Å². The van der Waals surface area contributed by atoms with Gasteiger partial charge in [0, 0.05) is 32.3 Å². The standard InChI is InChI=1S/C24H29N3O4S2/c1-26(19-8-4-3-5-9-19)33(29,30)20-14-12-18(13-15-20)23(28)25-24-27(16-17-31-2)21-10-6-7-11-22(21)32-24/h6-7,10-15,19H,3-5,8-9,16-17H2,1-2H3. The summed E-state index contributed by atoms with van der Waals surface area (Å²) in [5.74, 6) is -0.405. The number of benzene rings is 2. The van der Waals surface area contributed by atoms with Crippen molar-refractivity contribution in [1.82, 2.24) is 8.87 Å². The third kappa shape index (κ3) is 5.11. The number of carbonyl (C=O) groups excluding carboxylic acids is 1. The Morgan fingerprint density at radius 2 is 1.82 bits per heavy atom. The number of rotatable bonds is 7. The molecule has 33 heavy (non-hydrogen) atoms. The summed E-state index contributed by atoms with van der Waals surface area (Å²) in [6.07, 6.45) is 5.06. The maximum absolute atomic E-state index is 13.1. The number of thiazole rings is 1. The quantitative estimate of drug-likeness (QED) is 0.504. The predicted molar refractivity (Wildman–Crippen MR) is 130 cm³/mol. The van der Waals surface area contributed by atoms with Gasteiger partial charge in [-0.3, -0.25) is 4.79 Å². The van der Waals surface area contributed by atoms with Gasteiger partial charge in [-0.1, -0.05) is 42.7 Å². The molecule has 2 aromatic carbocycles. The van der Waals surface area contributed by atoms with Crippen LogP contribution in [0.15, 0.2) is 58.4 Å². The van der Waals surface area contributed by atoms with Gasteiger partial charge >= 0.3 is 0 Å². The summed E-state index contributed by atoms with van der Waals surface area (Å²) >= 11 is 1.44. The Bertz CT molecular complexity index is 1290. The number of fused-ring (bicyclic) bond motifs is 1. The Balaban J connectivity index is 1.60. The van der Waals surface area contributed by atoms with E-state index in [0.717, 1.165) is 42.3 Å². The molecule has 176 valence electrons. The normalized spacial score (nSPS) is 16.0. The number of carbonyl (C=O) groups is 1. The van der Waals surface area contributed by atoms with Crippen LogP contribution in [-0.4, -0.2) is 50.0 Å². The van der Waals surface area contributed by atoms with E-state index in [9.17, 15) is 13.2 Å². The lowest BCUT2D eigenvalue weighted by atomic mass is 9.96. The summed E-state index contributed by atoms with van der Waals surface area (Å²) in [7, 11) is -0.309. The van der Waals surface area contributed by atoms with Crippen LogP contribution < -0.4 is 4.80 Å². The highest BCUT2D eigenvalue weighted by atomic mass is 32.2. The van der Waals surface area contributed by atoms with E-state index in [1.165, 1.54) is 27.8 Å². The van der Waals surface area contributed by atoms with Crippen molar-refractivity contribution < 1.29 is 17.9 Å². The molecule has 0 aliphatic heterocycles. The molecule has 0 atom stereocenters. The molecule has 1 amide bonds. The lowest BCUT2D eigenvalue weighted by Gasteiger charge is -2.30. The molecule has 1 fully saturated rings. The van der Waals surface area contributed by atoms with E-state index in [1.807, 2.05) is 28.8 Å². The number of amides is 1. The maximum atomic E-state index is 13.1. The van der Waals surface area contributed by atoms with Crippen molar-refractivity contribution in [3.8, 4) is 0 Å². The minimum atomic E-state index is -3.60. The molecule has 0 saturated heterocycles. The number of nitrogens with zero attached hydrogens (tertiary/aromatic N) is 3. The molecule has 0 radical (unpaired) electrons. The van der Waals surface area contributed by atoms with Crippen LogP contribution in [0.5, 0.6) is 0 Å². The first-order chi connectivity index (χ1) is 15.9. The minimum absolute atomic E-state index is 0.0376. The van der Waals surface area contributed by atoms with Crippen molar-refractivity contribution >= 4 is 37.5 Å². The Morgan fingerprint density at radius 1 is 1.12 bits per heavy atom. The van der Waals surface area contributed by atoms with Crippen molar-refractivity contribution in [1.29, 1.82) is 0 Å². The second-order valence-electron chi connectivity index (χ2n) is 8.25. The zero-order valence-corrected chi connectivity index (χ0v) is 20.6. The molecule has 0 spiro atoms. The van der Waals surface area contributed by atoms with Crippen LogP contribution in [0.25, 0.3) is 10.2 Å². The average molecular weight is 488 g/mol. The molecule has 0 unspecified atom stereocenters. The second kappa shape index (κ2) is 10.3. The summed E-state index contributed by atoms with van der Waals surface area (Å²) < 4.78 is 35.8. The fourth-order valence-electron chi connectivity index (χ4n) is 4.23. The first-order valence-corrected chi connectivity index (χ1v) is 13.4. The topological polar surface area (TPSA) is 81.0 Å². The Morgan fingerprint density at radius 3 is 2.52 bits per heavy atom. The Hall–Kier alpha value is -2.33. The number of ether oxygens (including phenoxy) is 1. The molecule has 1 aromatic heterocycles. The Labute approximate surface area is 198 Å². The predicted octanol–water partition coefficient (Wildman–Crippen LogP) is 4.04. The van der Waals surface area contributed by atoms with Crippen LogP contribution in [-0.2, 0) is 21.3 Å². The van der Waals surface area contributed by atoms with Gasteiger partial charge in [0.1, 0.15) is 0 Å². The first-order valence-electron chi connectivity index (χ1n) is 11.2. The maximum Gasteiger partial charge on any atom is 0.279 e. The van der Waals surface area contributed by atoms with Crippen molar-refractivity contribution in [3.63, 3.8) is 0 Å². The number of sulfonamides is 1. The lowest BCUT2D eigenvalue weighted by molar-refractivity contribution is 0.0997. The van der Waals surface area contributed by atoms with Crippen molar-refractivity contribution in [2.24, 2.45) is 4.99 Å². The van der Waals surface area contributed by atoms with E-state index in [0.29, 0.717) is 23.5 Å². The Kier molecular flexibility index (Phi) is 7.43. The van der Waals surface area contributed by atoms with Gasteiger partial charge in [0.05, 0.1) is 21.7 Å². The van der Waals surface area contributed by atoms with Crippen LogP contribution in [0.3, 0.4) is 0 Å². The first kappa shape index (κ1) is 23.8. The van der Waals surface area contributed by atoms with Crippen LogP contribution in [0, 0.1) is 0 Å². The number of methoxy groups -OCH3 is 1. The SMILES string of the molecule is COCCn1c(=NC(=O)c2ccc(S(=O)(=O)N(C)C3CCCCC3)cc2)sc2ccccc21. The van der Waals surface area contributed by atoms with Crippen molar-refractivity contribution in [3.05, 3.63) is 58.9 Å². The zero-order chi connectivity index (χ0) is 23.4. The highest BCUT2D eigenvalue weighted by Gasteiger charge is 2.29. The molecule has 4 rings (SSSR count). The van der Waals surface area contributed by atoms with E-state index < -0.39 is 15.9 Å².